The van der Waals surface area contributed by atoms with Gasteiger partial charge in [0.1, 0.15) is 12.6 Å². The van der Waals surface area contributed by atoms with Gasteiger partial charge in [0.15, 0.2) is 12.6 Å². The van der Waals surface area contributed by atoms with Gasteiger partial charge in [-0.1, -0.05) is 146 Å². The fourth-order valence-corrected chi connectivity index (χ4v) is 45.5. The summed E-state index contributed by atoms with van der Waals surface area (Å²) < 4.78 is 120. The standard InChI is InChI=1S/C31H48N2O6Si2.C28H50N2O6Si2.2C14H29NO3Si.C8H6O2.C5H8O2.2CH4/c1-20-24(5)34-40-16-10-14-32-18-25-12-8-9-13-26(25)19-33-15-11-17-41-37-29(23(4)30(38-41)31(6,7)39-41)22(3)28(36-40)21(2)27(20)35-40;1-19-23(5)31-37-17-11-15-29-13-9-8-10-14-30-16-12-18-38-34-26(22(4)27(35-38)28(6,7)36-38)21(3)25(33-37)20(2)24(19)32-37;2*1-10-11(2)16-19(9-7-8-15)17-13(4,5)12(3)14(10,6)18-19;9-5-7-3-1-2-4-8(7)6-10;6-4-2-1-3-5-7;;/h8-9,12-13,18-24,27-30H,10-11,14-17H2,1-7H3;13-14,19-27H,8-12,15-18H2,1-7H3;2*10-12H,7-9,15H2,1-6H3;1-6H;4-5H,1-3H2;2*1H4/t20-,21-,22-,23-,24+,27+,28+,29+,30?,40?,41?;19-,20-,21-,22-,23+,24+,25+,26+,27?,37?,38?;2*10-,11+,12+,14+,19?;;;;/m1111..../s1. The Balaban J connectivity index is 0.000000199. The monoisotopic (exact) mass is 2010 g/mol. The molecule has 772 valence electrons. The molecule has 16 bridgehead atoms. The summed E-state index contributed by atoms with van der Waals surface area (Å²) in [6, 6.07) is 19.7. The summed E-state index contributed by atoms with van der Waals surface area (Å²) in [5.41, 5.74) is 12.8. The largest absolute Gasteiger partial charge is 0.502 e. The maximum Gasteiger partial charge on any atom is 0.502 e. The van der Waals surface area contributed by atoms with Gasteiger partial charge in [-0.2, -0.15) is 0 Å². The van der Waals surface area contributed by atoms with E-state index < -0.39 is 52.8 Å². The average molecular weight is 2010 g/mol. The van der Waals surface area contributed by atoms with Crippen molar-refractivity contribution in [2.24, 2.45) is 102 Å². The molecule has 0 aromatic heterocycles. The van der Waals surface area contributed by atoms with Crippen molar-refractivity contribution in [3.63, 3.8) is 0 Å². The second-order valence-electron chi connectivity index (χ2n) is 43.4. The fourth-order valence-electron chi connectivity index (χ4n) is 23.2. The topological polar surface area (TPSA) is 336 Å². The molecule has 34 heteroatoms. The molecule has 4 spiro atoms. The zero-order valence-electron chi connectivity index (χ0n) is 86.0. The van der Waals surface area contributed by atoms with Crippen molar-refractivity contribution in [3.8, 4) is 0 Å². The third kappa shape index (κ3) is 26.2. The van der Waals surface area contributed by atoms with Crippen LogP contribution in [0.15, 0.2) is 68.5 Å². The van der Waals surface area contributed by atoms with Crippen LogP contribution in [0, 0.1) is 71.0 Å². The lowest BCUT2D eigenvalue weighted by atomic mass is 9.71. The summed E-state index contributed by atoms with van der Waals surface area (Å²) in [5, 5.41) is 0. The van der Waals surface area contributed by atoms with E-state index >= 15 is 0 Å². The first-order valence-electron chi connectivity index (χ1n) is 50.9. The number of rotatable bonds is 12. The number of benzene rings is 2. The Morgan fingerprint density at radius 3 is 1.00 bits per heavy atom. The van der Waals surface area contributed by atoms with Crippen LogP contribution < -0.4 is 11.5 Å². The van der Waals surface area contributed by atoms with Crippen molar-refractivity contribution in [2.75, 3.05) is 39.3 Å². The fraction of sp³-hybridized carbons (Fsp3) is 0.804. The molecule has 136 heavy (non-hydrogen) atoms. The molecule has 0 aliphatic carbocycles. The van der Waals surface area contributed by atoms with Crippen LogP contribution >= 0.6 is 0 Å². The number of aliphatic imine (C=N–C) groups is 4. The van der Waals surface area contributed by atoms with E-state index in [9.17, 15) is 19.2 Å². The van der Waals surface area contributed by atoms with Gasteiger partial charge in [-0.15, -0.1) is 0 Å². The van der Waals surface area contributed by atoms with Crippen molar-refractivity contribution < 1.29 is 98.8 Å². The minimum absolute atomic E-state index is 0. The summed E-state index contributed by atoms with van der Waals surface area (Å²) in [6.45, 7) is 61.8. The Labute approximate surface area is 824 Å². The predicted octanol–water partition coefficient (Wildman–Crippen LogP) is 19.1. The zero-order chi connectivity index (χ0) is 98.0. The first kappa shape index (κ1) is 116. The first-order valence-corrected chi connectivity index (χ1v) is 62.5. The van der Waals surface area contributed by atoms with E-state index in [1.807, 2.05) is 24.6 Å². The van der Waals surface area contributed by atoms with E-state index in [1.54, 1.807) is 24.3 Å². The molecule has 2 aromatic carbocycles. The molecule has 16 rings (SSSR count). The van der Waals surface area contributed by atoms with E-state index in [0.29, 0.717) is 105 Å². The lowest BCUT2D eigenvalue weighted by molar-refractivity contribution is -0.243. The van der Waals surface area contributed by atoms with Crippen LogP contribution in [0.3, 0.4) is 0 Å². The van der Waals surface area contributed by atoms with Crippen molar-refractivity contribution in [3.05, 3.63) is 70.8 Å². The maximum atomic E-state index is 10.2. The number of carbonyl (C=O) groups is 4. The number of hydrogen-bond donors (Lipinski definition) is 2. The molecular formula is C102H178N6O22Si6. The van der Waals surface area contributed by atoms with Crippen molar-refractivity contribution in [2.45, 2.75) is 415 Å². The Bertz CT molecular complexity index is 4180. The van der Waals surface area contributed by atoms with Gasteiger partial charge in [-0.25, -0.2) is 0 Å². The minimum atomic E-state index is -2.91. The van der Waals surface area contributed by atoms with Crippen LogP contribution in [0.25, 0.3) is 0 Å². The smallest absolute Gasteiger partial charge is 0.370 e. The molecule has 14 heterocycles. The van der Waals surface area contributed by atoms with Gasteiger partial charge < -0.3 is 101 Å². The van der Waals surface area contributed by atoms with Gasteiger partial charge in [0.05, 0.1) is 107 Å². The van der Waals surface area contributed by atoms with Crippen LogP contribution in [0.5, 0.6) is 0 Å². The molecule has 32 atom stereocenters. The lowest BCUT2D eigenvalue weighted by Gasteiger charge is -2.62. The van der Waals surface area contributed by atoms with Crippen LogP contribution in [-0.2, 0) is 89.3 Å². The minimum Gasteiger partial charge on any atom is -0.370 e. The highest BCUT2D eigenvalue weighted by Gasteiger charge is 2.72. The second-order valence-corrected chi connectivity index (χ2v) is 58.6. The number of aldehydes is 4. The second kappa shape index (κ2) is 48.5. The quantitative estimate of drug-likeness (QED) is 0.113. The first-order chi connectivity index (χ1) is 63.2. The number of carbonyl (C=O) groups excluding carboxylic acids is 4. The van der Waals surface area contributed by atoms with E-state index in [1.165, 1.54) is 0 Å². The number of fused-ring (bicyclic) bond motifs is 13. The third-order valence-corrected chi connectivity index (χ3v) is 50.8. The van der Waals surface area contributed by atoms with Gasteiger partial charge in [-0.05, 0) is 187 Å². The van der Waals surface area contributed by atoms with E-state index in [-0.39, 0.29) is 157 Å². The molecule has 2 aromatic rings. The Morgan fingerprint density at radius 1 is 0.346 bits per heavy atom. The van der Waals surface area contributed by atoms with Crippen LogP contribution in [0.1, 0.15) is 304 Å². The van der Waals surface area contributed by atoms with E-state index in [0.717, 1.165) is 131 Å². The lowest BCUT2D eigenvalue weighted by Crippen LogP contribution is -2.73. The van der Waals surface area contributed by atoms with Crippen LogP contribution in [0.2, 0.25) is 36.3 Å². The van der Waals surface area contributed by atoms with Crippen molar-refractivity contribution >= 4 is 103 Å². The van der Waals surface area contributed by atoms with Crippen molar-refractivity contribution in [1.82, 2.24) is 0 Å². The van der Waals surface area contributed by atoms with Crippen LogP contribution in [0.4, 0.5) is 0 Å². The van der Waals surface area contributed by atoms with Crippen LogP contribution in [-0.4, -0.2) is 249 Å². The van der Waals surface area contributed by atoms with Gasteiger partial charge in [0.25, 0.3) is 0 Å². The predicted molar refractivity (Wildman–Crippen MR) is 549 cm³/mol. The normalized spacial score (nSPS) is 42.6. The summed E-state index contributed by atoms with van der Waals surface area (Å²) in [7, 11) is -16.7. The SMILES string of the molecule is C.C.C[C@@H]1O[Si]2(CCCN)OC(C)(C)[C@H](C)[C@@](C)(O2)[C@@H]1C.C[C@@H]1O[Si]2(CCCN)OC(C)(C)[C@H](C)[C@@](C)(O2)[C@@H]1C.C[C@@H]1[C@H]2O[Si]3(CCCN=CCCCC=NCCC[Si]45OC([C@H](C)[C@@H](O4)[C@H](C)[C@H]1O3)C(C)(C)O5)O[C@@H](C)[C@H]2C.C[C@@H]1[C@H]2O[Si]3(CCCN=Cc4ccccc4C=NCCC[Si]45OC([C@H](C)[C@@H](O4)[C@H](C)[C@H]1O3)C(C)(C)O5)O[C@@H](C)[C@H]2C.O=CCCCC=O.O=Cc1ccccc1C=O. The number of nitrogens with zero attached hydrogens (tertiary/aromatic N) is 4. The number of nitrogens with two attached hydrogens (primary N) is 2. The number of unbranched alkanes of at least 4 members (excludes halogenated alkanes) is 2. The van der Waals surface area contributed by atoms with E-state index in [2.05, 4.69) is 215 Å². The summed E-state index contributed by atoms with van der Waals surface area (Å²) in [5.74, 6) is 3.18. The van der Waals surface area contributed by atoms with Crippen molar-refractivity contribution in [1.29, 1.82) is 0 Å². The van der Waals surface area contributed by atoms with Gasteiger partial charge in [-0.3, -0.25) is 29.6 Å². The van der Waals surface area contributed by atoms with E-state index in [4.69, 9.17) is 101 Å². The highest BCUT2D eigenvalue weighted by atomic mass is 28.4. The summed E-state index contributed by atoms with van der Waals surface area (Å²) in [4.78, 5) is 58.4. The maximum absolute atomic E-state index is 10.2. The zero-order valence-corrected chi connectivity index (χ0v) is 92.0. The molecule has 0 amide bonds. The van der Waals surface area contributed by atoms with Gasteiger partial charge in [0, 0.05) is 181 Å². The molecule has 14 aliphatic heterocycles. The Morgan fingerprint density at radius 2 is 0.662 bits per heavy atom. The Hall–Kier alpha value is -3.70. The Kier molecular flexibility index (Phi) is 41.4. The van der Waals surface area contributed by atoms with Gasteiger partial charge >= 0.3 is 52.8 Å². The number of hydrogen-bond acceptors (Lipinski definition) is 28. The average Bonchev–Trinajstić information content (AvgIpc) is 1.25. The molecule has 4 N–H and O–H groups in total. The highest BCUT2D eigenvalue weighted by Crippen LogP contribution is 2.58. The summed E-state index contributed by atoms with van der Waals surface area (Å²) >= 11 is 0. The molecule has 14 aliphatic rings. The molecule has 28 nitrogen and oxygen atoms in total. The molecule has 0 saturated carbocycles. The highest BCUT2D eigenvalue weighted by molar-refractivity contribution is 6.63. The van der Waals surface area contributed by atoms with Gasteiger partial charge in [0.2, 0.25) is 0 Å². The third-order valence-electron chi connectivity index (χ3n) is 32.2. The molecule has 8 unspecified atom stereocenters. The molecule has 12 saturated heterocycles. The molecular weight excluding hydrogens is 1830 g/mol. The summed E-state index contributed by atoms with van der Waals surface area (Å²) in [6.07, 6.45) is 22.0. The molecule has 0 radical (unpaired) electrons. The molecule has 12 fully saturated rings.